The third-order valence-corrected chi connectivity index (χ3v) is 4.26. The van der Waals surface area contributed by atoms with Crippen molar-refractivity contribution in [1.82, 2.24) is 0 Å². The summed E-state index contributed by atoms with van der Waals surface area (Å²) in [6, 6.07) is 16.7. The summed E-state index contributed by atoms with van der Waals surface area (Å²) in [5.74, 6) is -0.846. The molecule has 0 atom stereocenters. The quantitative estimate of drug-likeness (QED) is 0.503. The Morgan fingerprint density at radius 2 is 1.07 bits per heavy atom. The fourth-order valence-electron chi connectivity index (χ4n) is 1.71. The molecule has 158 valence electrons. The van der Waals surface area contributed by atoms with E-state index >= 15 is 0 Å². The van der Waals surface area contributed by atoms with Gasteiger partial charge in [-0.1, -0.05) is 74.0 Å². The molecule has 0 aliphatic rings. The summed E-state index contributed by atoms with van der Waals surface area (Å²) in [5.41, 5.74) is 1.06. The number of rotatable bonds is 6. The first-order chi connectivity index (χ1) is 12.6. The van der Waals surface area contributed by atoms with Crippen LogP contribution >= 0.6 is 0 Å². The average Bonchev–Trinajstić information content (AvgIpc) is 2.55. The maximum Gasteiger partial charge on any atom is 2.00 e. The molecule has 0 aliphatic carbocycles. The topological polar surface area (TPSA) is 135 Å². The van der Waals surface area contributed by atoms with E-state index in [4.69, 9.17) is 5.11 Å². The largest absolute Gasteiger partial charge is 2.00 e. The maximum absolute atomic E-state index is 10.2. The van der Waals surface area contributed by atoms with Gasteiger partial charge in [0, 0.05) is 6.61 Å². The van der Waals surface area contributed by atoms with Crippen molar-refractivity contribution in [3.8, 4) is 0 Å². The van der Waals surface area contributed by atoms with Gasteiger partial charge in [-0.15, -0.1) is 0 Å². The van der Waals surface area contributed by atoms with Crippen molar-refractivity contribution in [2.24, 2.45) is 0 Å². The fourth-order valence-corrected chi connectivity index (χ4v) is 2.92. The van der Waals surface area contributed by atoms with E-state index < -0.39 is 31.7 Å². The molecular formula is C18H24FeO7S2. The van der Waals surface area contributed by atoms with Gasteiger partial charge in [0.2, 0.25) is 0 Å². The van der Waals surface area contributed by atoms with Gasteiger partial charge >= 0.3 is 17.1 Å². The van der Waals surface area contributed by atoms with Crippen LogP contribution in [0.2, 0.25) is 0 Å². The van der Waals surface area contributed by atoms with Crippen LogP contribution < -0.4 is 0 Å². The second kappa shape index (κ2) is 15.6. The van der Waals surface area contributed by atoms with Gasteiger partial charge in [0.1, 0.15) is 0 Å². The molecule has 0 bridgehead atoms. The molecule has 0 heterocycles. The summed E-state index contributed by atoms with van der Waals surface area (Å²) in [6.07, 6.45) is 2.04. The molecule has 2 aromatic carbocycles. The second-order valence-electron chi connectivity index (χ2n) is 5.45. The molecule has 0 aliphatic heterocycles. The normalized spacial score (nSPS) is 10.4. The second-order valence-corrected chi connectivity index (χ2v) is 8.26. The molecule has 0 saturated heterocycles. The summed E-state index contributed by atoms with van der Waals surface area (Å²) >= 11 is 0. The average molecular weight is 472 g/mol. The van der Waals surface area contributed by atoms with Crippen molar-refractivity contribution in [3.63, 3.8) is 0 Å². The Labute approximate surface area is 177 Å². The van der Waals surface area contributed by atoms with Gasteiger partial charge in [-0.25, -0.2) is 16.8 Å². The Balaban J connectivity index is 0. The van der Waals surface area contributed by atoms with Gasteiger partial charge in [0.15, 0.2) is 0 Å². The third-order valence-electron chi connectivity index (χ3n) is 2.88. The molecule has 0 saturated carbocycles. The van der Waals surface area contributed by atoms with Crippen molar-refractivity contribution >= 4 is 20.2 Å². The van der Waals surface area contributed by atoms with E-state index in [0.29, 0.717) is 17.7 Å². The molecule has 2 aromatic rings. The van der Waals surface area contributed by atoms with Crippen molar-refractivity contribution in [2.45, 2.75) is 31.3 Å². The molecule has 0 spiro atoms. The third kappa shape index (κ3) is 19.5. The number of unbranched alkanes of at least 4 members (excludes halogenated alkanes) is 1. The molecule has 0 aromatic heterocycles. The first-order valence-corrected chi connectivity index (χ1v) is 11.3. The van der Waals surface area contributed by atoms with Crippen LogP contribution in [0.5, 0.6) is 0 Å². The zero-order chi connectivity index (χ0) is 20.8. The Morgan fingerprint density at radius 1 is 0.750 bits per heavy atom. The van der Waals surface area contributed by atoms with Gasteiger partial charge in [-0.3, -0.25) is 0 Å². The number of hydrogen-bond acceptors (Lipinski definition) is 7. The maximum atomic E-state index is 10.2. The van der Waals surface area contributed by atoms with E-state index in [1.807, 2.05) is 0 Å². The first-order valence-electron chi connectivity index (χ1n) is 8.13. The van der Waals surface area contributed by atoms with Crippen molar-refractivity contribution in [3.05, 3.63) is 71.8 Å². The van der Waals surface area contributed by atoms with Crippen molar-refractivity contribution in [1.29, 1.82) is 0 Å². The molecule has 10 heteroatoms. The van der Waals surface area contributed by atoms with Crippen LogP contribution in [0.1, 0.15) is 30.9 Å². The van der Waals surface area contributed by atoms with Crippen molar-refractivity contribution < 1.29 is 48.1 Å². The van der Waals surface area contributed by atoms with Gasteiger partial charge in [0.05, 0.1) is 31.7 Å². The summed E-state index contributed by atoms with van der Waals surface area (Å²) in [7, 11) is -8.25. The van der Waals surface area contributed by atoms with Gasteiger partial charge in [0.25, 0.3) is 0 Å². The minimum Gasteiger partial charge on any atom is -0.748 e. The van der Waals surface area contributed by atoms with Gasteiger partial charge in [-0.05, 0) is 17.5 Å². The van der Waals surface area contributed by atoms with Crippen LogP contribution in [0.4, 0.5) is 0 Å². The molecule has 0 fully saturated rings. The van der Waals surface area contributed by atoms with Crippen LogP contribution in [0.25, 0.3) is 0 Å². The monoisotopic (exact) mass is 472 g/mol. The molecule has 0 radical (unpaired) electrons. The number of aliphatic hydroxyl groups excluding tert-OH is 1. The minimum absolute atomic E-state index is 0. The van der Waals surface area contributed by atoms with Crippen LogP contribution in [0.3, 0.4) is 0 Å². The minimum atomic E-state index is -4.13. The molecule has 7 nitrogen and oxygen atoms in total. The van der Waals surface area contributed by atoms with E-state index in [0.717, 1.165) is 12.8 Å². The van der Waals surface area contributed by atoms with Crippen LogP contribution in [-0.4, -0.2) is 37.7 Å². The van der Waals surface area contributed by atoms with E-state index in [1.54, 1.807) is 60.7 Å². The summed E-state index contributed by atoms with van der Waals surface area (Å²) in [6.45, 7) is 2.40. The van der Waals surface area contributed by atoms with Crippen molar-refractivity contribution in [2.75, 3.05) is 6.61 Å². The Bertz CT molecular complexity index is 753. The zero-order valence-corrected chi connectivity index (χ0v) is 18.1. The fraction of sp³-hybridized carbons (Fsp3) is 0.333. The molecule has 28 heavy (non-hydrogen) atoms. The summed E-state index contributed by atoms with van der Waals surface area (Å²) < 4.78 is 61.5. The molecule has 0 unspecified atom stereocenters. The van der Waals surface area contributed by atoms with Crippen LogP contribution in [0.15, 0.2) is 60.7 Å². The molecular weight excluding hydrogens is 448 g/mol. The standard InChI is InChI=1S/2C7H8O3S.C4H10O.Fe/c2*8-11(9,10)6-7-4-2-1-3-5-7;1-2-3-4-5;/h2*1-5H,6H2,(H,8,9,10);5H,2-4H2,1H3;/q;;;+2/p-2. The smallest absolute Gasteiger partial charge is 0.748 e. The van der Waals surface area contributed by atoms with E-state index in [1.165, 1.54) is 0 Å². The predicted molar refractivity (Wildman–Crippen MR) is 102 cm³/mol. The molecule has 1 N–H and O–H groups in total. The van der Waals surface area contributed by atoms with E-state index in [-0.39, 0.29) is 17.1 Å². The summed E-state index contributed by atoms with van der Waals surface area (Å²) in [5, 5.41) is 8.07. The Morgan fingerprint density at radius 3 is 1.25 bits per heavy atom. The predicted octanol–water partition coefficient (Wildman–Crippen LogP) is 2.24. The van der Waals surface area contributed by atoms with E-state index in [9.17, 15) is 25.9 Å². The van der Waals surface area contributed by atoms with Gasteiger partial charge < -0.3 is 14.2 Å². The number of hydrogen-bond donors (Lipinski definition) is 1. The Hall–Kier alpha value is -1.26. The van der Waals surface area contributed by atoms with Crippen LogP contribution in [-0.2, 0) is 48.8 Å². The number of aliphatic hydroxyl groups is 1. The van der Waals surface area contributed by atoms with E-state index in [2.05, 4.69) is 6.92 Å². The zero-order valence-electron chi connectivity index (χ0n) is 15.4. The van der Waals surface area contributed by atoms with Gasteiger partial charge in [-0.2, -0.15) is 0 Å². The van der Waals surface area contributed by atoms with Crippen LogP contribution in [0, 0.1) is 0 Å². The SMILES string of the molecule is CCCCO.O=S(=O)([O-])Cc1ccccc1.O=S(=O)([O-])Cc1ccccc1.[Fe+2]. The molecule has 2 rings (SSSR count). The molecule has 0 amide bonds. The first kappa shape index (κ1) is 28.9. The summed E-state index contributed by atoms with van der Waals surface area (Å²) in [4.78, 5) is 0. The Kier molecular flexibility index (Phi) is 16.2. The number of benzene rings is 2.